The smallest absolute Gasteiger partial charge is 0.190 e. The van der Waals surface area contributed by atoms with Crippen LogP contribution in [-0.2, 0) is 0 Å². The molecule has 0 spiro atoms. The lowest BCUT2D eigenvalue weighted by Gasteiger charge is -1.76. The molecule has 0 aliphatic rings. The third-order valence-corrected chi connectivity index (χ3v) is 0.552. The fourth-order valence-corrected chi connectivity index (χ4v) is 0.258. The highest BCUT2D eigenvalue weighted by Crippen LogP contribution is 1.90. The first-order chi connectivity index (χ1) is 4.66. The Morgan fingerprint density at radius 2 is 2.40 bits per heavy atom. The van der Waals surface area contributed by atoms with Gasteiger partial charge in [0.2, 0.25) is 0 Å². The summed E-state index contributed by atoms with van der Waals surface area (Å²) in [5.74, 6) is -0.799. The molecule has 0 aromatic carbocycles. The first kappa shape index (κ1) is 8.48. The highest BCUT2D eigenvalue weighted by atomic mass is 19.1. The van der Waals surface area contributed by atoms with Crippen molar-refractivity contribution in [1.29, 1.82) is 0 Å². The summed E-state index contributed by atoms with van der Waals surface area (Å²) in [6.45, 7) is 3.18. The Bertz CT molecular complexity index is 198. The molecule has 0 N–H and O–H groups in total. The topological polar surface area (TPSA) is 55.5 Å². The highest BCUT2D eigenvalue weighted by molar-refractivity contribution is 5.75. The van der Waals surface area contributed by atoms with E-state index in [-0.39, 0.29) is 0 Å². The predicted octanol–water partition coefficient (Wildman–Crippen LogP) is 1.29. The molecule has 0 saturated heterocycles. The van der Waals surface area contributed by atoms with Crippen molar-refractivity contribution in [3.8, 4) is 0 Å². The highest BCUT2D eigenvalue weighted by Gasteiger charge is 1.89. The number of allylic oxidation sites excluding steroid dienone is 3. The number of rotatable bonds is 3. The summed E-state index contributed by atoms with van der Waals surface area (Å²) in [5, 5.41) is 11.1. The summed E-state index contributed by atoms with van der Waals surface area (Å²) in [5.41, 5.74) is 0. The van der Waals surface area contributed by atoms with Crippen LogP contribution in [0.4, 0.5) is 4.39 Å². The number of halogens is 1. The SMILES string of the molecule is C=C/C=C(F)\C=N/[N+](=O)[O-]. The minimum Gasteiger partial charge on any atom is -0.233 e. The second-order valence-corrected chi connectivity index (χ2v) is 1.27. The molecule has 54 valence electrons. The zero-order chi connectivity index (χ0) is 7.98. The third-order valence-electron chi connectivity index (χ3n) is 0.552. The van der Waals surface area contributed by atoms with Gasteiger partial charge in [-0.05, 0) is 6.08 Å². The largest absolute Gasteiger partial charge is 0.233 e. The molecule has 0 rings (SSSR count). The van der Waals surface area contributed by atoms with E-state index >= 15 is 0 Å². The van der Waals surface area contributed by atoms with E-state index in [0.717, 1.165) is 6.08 Å². The zero-order valence-electron chi connectivity index (χ0n) is 5.03. The Morgan fingerprint density at radius 3 is 2.80 bits per heavy atom. The van der Waals surface area contributed by atoms with Crippen molar-refractivity contribution < 1.29 is 9.42 Å². The van der Waals surface area contributed by atoms with Crippen molar-refractivity contribution in [2.75, 3.05) is 0 Å². The number of hydrogen-bond donors (Lipinski definition) is 0. The Labute approximate surface area is 56.5 Å². The molecular weight excluding hydrogens is 139 g/mol. The number of hydrazone groups is 1. The van der Waals surface area contributed by atoms with Gasteiger partial charge < -0.3 is 0 Å². The molecular formula is C5H5FN2O2. The van der Waals surface area contributed by atoms with Crippen molar-refractivity contribution in [3.63, 3.8) is 0 Å². The molecule has 0 aliphatic carbocycles. The summed E-state index contributed by atoms with van der Waals surface area (Å²) in [7, 11) is 0. The number of nitrogens with zero attached hydrogens (tertiary/aromatic N) is 2. The quantitative estimate of drug-likeness (QED) is 0.259. The van der Waals surface area contributed by atoms with Crippen molar-refractivity contribution in [2.45, 2.75) is 0 Å². The Balaban J connectivity index is 4.01. The Kier molecular flexibility index (Phi) is 3.70. The maximum absolute atomic E-state index is 12.1. The second kappa shape index (κ2) is 4.37. The molecule has 0 aromatic rings. The minimum absolute atomic E-state index is 0.502. The van der Waals surface area contributed by atoms with Crippen LogP contribution in [0.2, 0.25) is 0 Å². The van der Waals surface area contributed by atoms with E-state index in [4.69, 9.17) is 0 Å². The lowest BCUT2D eigenvalue weighted by molar-refractivity contribution is -0.484. The summed E-state index contributed by atoms with van der Waals surface area (Å²) in [4.78, 5) is 9.50. The summed E-state index contributed by atoms with van der Waals surface area (Å²) < 4.78 is 12.1. The molecule has 0 bridgehead atoms. The van der Waals surface area contributed by atoms with Gasteiger partial charge in [0.05, 0.1) is 5.10 Å². The second-order valence-electron chi connectivity index (χ2n) is 1.27. The third kappa shape index (κ3) is 4.63. The molecule has 0 amide bonds. The lowest BCUT2D eigenvalue weighted by Crippen LogP contribution is -1.86. The predicted molar refractivity (Wildman–Crippen MR) is 34.9 cm³/mol. The van der Waals surface area contributed by atoms with Crippen molar-refractivity contribution in [2.24, 2.45) is 5.10 Å². The molecule has 0 aliphatic heterocycles. The molecule has 0 unspecified atom stereocenters. The molecule has 0 aromatic heterocycles. The number of nitro groups is 1. The van der Waals surface area contributed by atoms with Gasteiger partial charge in [-0.1, -0.05) is 12.7 Å². The molecule has 0 fully saturated rings. The summed E-state index contributed by atoms with van der Waals surface area (Å²) in [6.07, 6.45) is 2.63. The lowest BCUT2D eigenvalue weighted by atomic mass is 10.5. The van der Waals surface area contributed by atoms with Crippen LogP contribution in [0.15, 0.2) is 29.7 Å². The Morgan fingerprint density at radius 1 is 1.80 bits per heavy atom. The van der Waals surface area contributed by atoms with E-state index in [1.807, 2.05) is 0 Å². The van der Waals surface area contributed by atoms with E-state index in [0.29, 0.717) is 6.21 Å². The van der Waals surface area contributed by atoms with Gasteiger partial charge in [-0.2, -0.15) is 0 Å². The monoisotopic (exact) mass is 144 g/mol. The van der Waals surface area contributed by atoms with Gasteiger partial charge in [-0.25, -0.2) is 14.5 Å². The maximum Gasteiger partial charge on any atom is 0.190 e. The molecule has 0 radical (unpaired) electrons. The van der Waals surface area contributed by atoms with Crippen LogP contribution in [0.5, 0.6) is 0 Å². The first-order valence-corrected chi connectivity index (χ1v) is 2.33. The van der Waals surface area contributed by atoms with E-state index in [1.165, 1.54) is 6.08 Å². The fraction of sp³-hybridized carbons (Fsp3) is 0. The average molecular weight is 144 g/mol. The first-order valence-electron chi connectivity index (χ1n) is 2.33. The van der Waals surface area contributed by atoms with Crippen LogP contribution in [0.25, 0.3) is 0 Å². The molecule has 10 heavy (non-hydrogen) atoms. The van der Waals surface area contributed by atoms with Gasteiger partial charge in [0.25, 0.3) is 0 Å². The van der Waals surface area contributed by atoms with Gasteiger partial charge in [-0.3, -0.25) is 0 Å². The Hall–Kier alpha value is -1.52. The van der Waals surface area contributed by atoms with Crippen molar-refractivity contribution >= 4 is 6.21 Å². The van der Waals surface area contributed by atoms with Crippen LogP contribution in [-0.4, -0.2) is 11.2 Å². The fourth-order valence-electron chi connectivity index (χ4n) is 0.258. The van der Waals surface area contributed by atoms with Gasteiger partial charge in [0.1, 0.15) is 12.0 Å². The minimum atomic E-state index is -0.990. The summed E-state index contributed by atoms with van der Waals surface area (Å²) in [6, 6.07) is 0. The van der Waals surface area contributed by atoms with Gasteiger partial charge >= 0.3 is 0 Å². The normalized spacial score (nSPS) is 11.9. The summed E-state index contributed by atoms with van der Waals surface area (Å²) >= 11 is 0. The van der Waals surface area contributed by atoms with E-state index in [9.17, 15) is 14.5 Å². The maximum atomic E-state index is 12.1. The van der Waals surface area contributed by atoms with Crippen LogP contribution >= 0.6 is 0 Å². The van der Waals surface area contributed by atoms with E-state index in [1.54, 1.807) is 0 Å². The van der Waals surface area contributed by atoms with Crippen LogP contribution in [0.3, 0.4) is 0 Å². The molecule has 0 saturated carbocycles. The number of hydrogen-bond acceptors (Lipinski definition) is 2. The molecule has 0 atom stereocenters. The molecule has 4 nitrogen and oxygen atoms in total. The van der Waals surface area contributed by atoms with Crippen LogP contribution in [0, 0.1) is 10.1 Å². The van der Waals surface area contributed by atoms with Gasteiger partial charge in [-0.15, -0.1) is 0 Å². The zero-order valence-corrected chi connectivity index (χ0v) is 5.03. The van der Waals surface area contributed by atoms with Crippen LogP contribution in [0.1, 0.15) is 0 Å². The average Bonchev–Trinajstić information content (AvgIpc) is 1.85. The molecule has 5 heteroatoms. The standard InChI is InChI=1S/C5H5FN2O2/c1-2-3-5(6)4-7-8(9)10/h2-4H,1H2/b5-3+,7-4-. The van der Waals surface area contributed by atoms with Crippen molar-refractivity contribution in [3.05, 3.63) is 34.7 Å². The van der Waals surface area contributed by atoms with Gasteiger partial charge in [0.15, 0.2) is 5.03 Å². The molecule has 0 heterocycles. The van der Waals surface area contributed by atoms with E-state index < -0.39 is 10.9 Å². The van der Waals surface area contributed by atoms with E-state index in [2.05, 4.69) is 11.7 Å². The van der Waals surface area contributed by atoms with Gasteiger partial charge in [0, 0.05) is 0 Å². The van der Waals surface area contributed by atoms with Crippen molar-refractivity contribution in [1.82, 2.24) is 0 Å². The van der Waals surface area contributed by atoms with Crippen LogP contribution < -0.4 is 0 Å².